The Kier molecular flexibility index (Phi) is 4.55. The molecule has 1 heterocycles. The lowest BCUT2D eigenvalue weighted by Gasteiger charge is -2.32. The number of hydrogen-bond donors (Lipinski definition) is 0. The van der Waals surface area contributed by atoms with E-state index in [1.54, 1.807) is 0 Å². The van der Waals surface area contributed by atoms with E-state index in [0.717, 1.165) is 56.8 Å². The first-order chi connectivity index (χ1) is 10.6. The minimum atomic E-state index is 0.349. The molecule has 2 aliphatic rings. The number of anilines is 1. The van der Waals surface area contributed by atoms with Crippen molar-refractivity contribution in [3.63, 3.8) is 0 Å². The van der Waals surface area contributed by atoms with Crippen LogP contribution >= 0.6 is 0 Å². The molecule has 2 fully saturated rings. The molecule has 1 saturated carbocycles. The Morgan fingerprint density at radius 3 is 2.59 bits per heavy atom. The molecule has 1 amide bonds. The van der Waals surface area contributed by atoms with Crippen LogP contribution in [0.2, 0.25) is 0 Å². The lowest BCUT2D eigenvalue weighted by atomic mass is 9.97. The molecule has 4 heteroatoms. The van der Waals surface area contributed by atoms with Crippen molar-refractivity contribution in [2.45, 2.75) is 25.7 Å². The predicted octanol–water partition coefficient (Wildman–Crippen LogP) is 2.78. The Hall–Kier alpha value is -1.71. The fourth-order valence-corrected chi connectivity index (χ4v) is 2.97. The van der Waals surface area contributed by atoms with Gasteiger partial charge in [-0.3, -0.25) is 4.79 Å². The van der Waals surface area contributed by atoms with E-state index in [2.05, 4.69) is 21.9 Å². The molecule has 0 aromatic heterocycles. The summed E-state index contributed by atoms with van der Waals surface area (Å²) < 4.78 is 5.96. The Labute approximate surface area is 133 Å². The summed E-state index contributed by atoms with van der Waals surface area (Å²) in [6.45, 7) is 2.56. The van der Waals surface area contributed by atoms with Crippen molar-refractivity contribution in [1.82, 2.24) is 4.90 Å². The van der Waals surface area contributed by atoms with E-state index in [1.165, 1.54) is 0 Å². The molecule has 4 nitrogen and oxygen atoms in total. The average molecular weight is 302 g/mol. The largest absolute Gasteiger partial charge is 0.493 e. The zero-order chi connectivity index (χ0) is 15.5. The number of carbonyl (C=O) groups is 1. The third kappa shape index (κ3) is 3.73. The standard InChI is InChI=1S/C18H26N2O2/c1-19(2)16-4-3-5-17(12-16)22-13-14-8-10-20(11-9-14)18(21)15-6-7-15/h3-5,12,14-15H,6-11,13H2,1-2H3. The third-order valence-electron chi connectivity index (χ3n) is 4.67. The fraction of sp³-hybridized carbons (Fsp3) is 0.611. The average Bonchev–Trinajstić information content (AvgIpc) is 3.38. The first-order valence-corrected chi connectivity index (χ1v) is 8.32. The molecule has 1 aliphatic heterocycles. The molecule has 3 rings (SSSR count). The monoisotopic (exact) mass is 302 g/mol. The second kappa shape index (κ2) is 6.59. The summed E-state index contributed by atoms with van der Waals surface area (Å²) in [7, 11) is 4.07. The van der Waals surface area contributed by atoms with Gasteiger partial charge in [0.25, 0.3) is 0 Å². The van der Waals surface area contributed by atoms with Gasteiger partial charge < -0.3 is 14.5 Å². The molecule has 0 atom stereocenters. The quantitative estimate of drug-likeness (QED) is 0.838. The number of ether oxygens (including phenoxy) is 1. The van der Waals surface area contributed by atoms with Crippen molar-refractivity contribution < 1.29 is 9.53 Å². The zero-order valence-corrected chi connectivity index (χ0v) is 13.6. The molecule has 22 heavy (non-hydrogen) atoms. The minimum Gasteiger partial charge on any atom is -0.493 e. The predicted molar refractivity (Wildman–Crippen MR) is 88.3 cm³/mol. The maximum absolute atomic E-state index is 12.0. The summed E-state index contributed by atoms with van der Waals surface area (Å²) in [4.78, 5) is 16.2. The summed E-state index contributed by atoms with van der Waals surface area (Å²) in [5.74, 6) is 2.23. The smallest absolute Gasteiger partial charge is 0.225 e. The van der Waals surface area contributed by atoms with Crippen LogP contribution in [0.4, 0.5) is 5.69 Å². The Balaban J connectivity index is 1.45. The normalized spacial score (nSPS) is 19.1. The van der Waals surface area contributed by atoms with Crippen LogP contribution in [0.5, 0.6) is 5.75 Å². The van der Waals surface area contributed by atoms with E-state index in [4.69, 9.17) is 4.74 Å². The van der Waals surface area contributed by atoms with Crippen molar-refractivity contribution >= 4 is 11.6 Å². The van der Waals surface area contributed by atoms with Crippen molar-refractivity contribution in [3.8, 4) is 5.75 Å². The lowest BCUT2D eigenvalue weighted by molar-refractivity contribution is -0.134. The van der Waals surface area contributed by atoms with Crippen LogP contribution in [0, 0.1) is 11.8 Å². The van der Waals surface area contributed by atoms with Crippen LogP contribution in [0.1, 0.15) is 25.7 Å². The molecule has 0 spiro atoms. The van der Waals surface area contributed by atoms with Crippen LogP contribution in [-0.4, -0.2) is 44.6 Å². The van der Waals surface area contributed by atoms with Crippen molar-refractivity contribution in [3.05, 3.63) is 24.3 Å². The molecule has 120 valence electrons. The molecule has 1 aromatic carbocycles. The Bertz CT molecular complexity index is 518. The number of hydrogen-bond acceptors (Lipinski definition) is 3. The van der Waals surface area contributed by atoms with E-state index < -0.39 is 0 Å². The van der Waals surface area contributed by atoms with Crippen LogP contribution < -0.4 is 9.64 Å². The molecule has 0 radical (unpaired) electrons. The van der Waals surface area contributed by atoms with Crippen LogP contribution in [0.15, 0.2) is 24.3 Å². The van der Waals surface area contributed by atoms with Crippen LogP contribution in [0.3, 0.4) is 0 Å². The molecule has 0 N–H and O–H groups in total. The molecule has 0 unspecified atom stereocenters. The number of rotatable bonds is 5. The highest BCUT2D eigenvalue weighted by molar-refractivity contribution is 5.81. The Morgan fingerprint density at radius 1 is 1.23 bits per heavy atom. The highest BCUT2D eigenvalue weighted by Gasteiger charge is 2.34. The van der Waals surface area contributed by atoms with Gasteiger partial charge in [0.15, 0.2) is 0 Å². The number of piperidine rings is 1. The number of nitrogens with zero attached hydrogens (tertiary/aromatic N) is 2. The lowest BCUT2D eigenvalue weighted by Crippen LogP contribution is -2.40. The van der Waals surface area contributed by atoms with Gasteiger partial charge in [-0.1, -0.05) is 6.07 Å². The third-order valence-corrected chi connectivity index (χ3v) is 4.67. The van der Waals surface area contributed by atoms with Gasteiger partial charge in [0.1, 0.15) is 5.75 Å². The van der Waals surface area contributed by atoms with Gasteiger partial charge in [0, 0.05) is 44.9 Å². The summed E-state index contributed by atoms with van der Waals surface area (Å²) in [5.41, 5.74) is 1.15. The van der Waals surface area contributed by atoms with Crippen molar-refractivity contribution in [2.24, 2.45) is 11.8 Å². The molecule has 0 bridgehead atoms. The minimum absolute atomic E-state index is 0.349. The zero-order valence-electron chi connectivity index (χ0n) is 13.6. The van der Waals surface area contributed by atoms with E-state index >= 15 is 0 Å². The molecule has 1 saturated heterocycles. The maximum atomic E-state index is 12.0. The summed E-state index contributed by atoms with van der Waals surface area (Å²) in [6.07, 6.45) is 4.33. The van der Waals surface area contributed by atoms with Gasteiger partial charge in [0.05, 0.1) is 6.61 Å². The van der Waals surface area contributed by atoms with Crippen molar-refractivity contribution in [2.75, 3.05) is 38.7 Å². The topological polar surface area (TPSA) is 32.8 Å². The number of likely N-dealkylation sites (tertiary alicyclic amines) is 1. The highest BCUT2D eigenvalue weighted by Crippen LogP contribution is 2.32. The SMILES string of the molecule is CN(C)c1cccc(OCC2CCN(C(=O)C3CC3)CC2)c1. The summed E-state index contributed by atoms with van der Waals surface area (Å²) >= 11 is 0. The van der Waals surface area contributed by atoms with Gasteiger partial charge >= 0.3 is 0 Å². The second-order valence-electron chi connectivity index (χ2n) is 6.75. The van der Waals surface area contributed by atoms with Crippen LogP contribution in [0.25, 0.3) is 0 Å². The van der Waals surface area contributed by atoms with Gasteiger partial charge in [0.2, 0.25) is 5.91 Å². The van der Waals surface area contributed by atoms with Gasteiger partial charge in [-0.05, 0) is 43.7 Å². The molecular formula is C18H26N2O2. The van der Waals surface area contributed by atoms with Gasteiger partial charge in [-0.25, -0.2) is 0 Å². The molecular weight excluding hydrogens is 276 g/mol. The summed E-state index contributed by atoms with van der Waals surface area (Å²) in [5, 5.41) is 0. The van der Waals surface area contributed by atoms with Gasteiger partial charge in [-0.15, -0.1) is 0 Å². The molecule has 1 aromatic rings. The van der Waals surface area contributed by atoms with E-state index in [9.17, 15) is 4.79 Å². The number of carbonyl (C=O) groups excluding carboxylic acids is 1. The van der Waals surface area contributed by atoms with E-state index in [1.807, 2.05) is 26.2 Å². The van der Waals surface area contributed by atoms with Crippen LogP contribution in [-0.2, 0) is 4.79 Å². The fourth-order valence-electron chi connectivity index (χ4n) is 2.97. The second-order valence-corrected chi connectivity index (χ2v) is 6.75. The van der Waals surface area contributed by atoms with Crippen molar-refractivity contribution in [1.29, 1.82) is 0 Å². The van der Waals surface area contributed by atoms with E-state index in [0.29, 0.717) is 17.7 Å². The van der Waals surface area contributed by atoms with Gasteiger partial charge in [-0.2, -0.15) is 0 Å². The van der Waals surface area contributed by atoms with E-state index in [-0.39, 0.29) is 0 Å². The Morgan fingerprint density at radius 2 is 1.95 bits per heavy atom. The molecule has 1 aliphatic carbocycles. The maximum Gasteiger partial charge on any atom is 0.225 e. The first kappa shape index (κ1) is 15.2. The highest BCUT2D eigenvalue weighted by atomic mass is 16.5. The first-order valence-electron chi connectivity index (χ1n) is 8.32. The number of amides is 1. The summed E-state index contributed by atoms with van der Waals surface area (Å²) in [6, 6.07) is 8.20. The number of benzene rings is 1.